The molecule has 0 saturated carbocycles. The third-order valence-electron chi connectivity index (χ3n) is 2.70. The molecule has 1 aromatic carbocycles. The maximum atomic E-state index is 13.5. The molecule has 0 aliphatic rings. The zero-order chi connectivity index (χ0) is 12.3. The largest absolute Gasteiger partial charge is 0.314 e. The molecule has 0 saturated heterocycles. The van der Waals surface area contributed by atoms with Crippen LogP contribution in [-0.2, 0) is 13.1 Å². The Morgan fingerprint density at radius 2 is 2.12 bits per heavy atom. The summed E-state index contributed by atoms with van der Waals surface area (Å²) in [5.41, 5.74) is 2.47. The van der Waals surface area contributed by atoms with Crippen LogP contribution in [0.2, 0.25) is 0 Å². The molecule has 0 bridgehead atoms. The number of rotatable bonds is 4. The van der Waals surface area contributed by atoms with Gasteiger partial charge in [-0.3, -0.25) is 0 Å². The topological polar surface area (TPSA) is 42.7 Å². The number of hydrogen-bond acceptors (Lipinski definition) is 3. The van der Waals surface area contributed by atoms with Crippen LogP contribution in [0.1, 0.15) is 17.0 Å². The van der Waals surface area contributed by atoms with E-state index < -0.39 is 0 Å². The van der Waals surface area contributed by atoms with Crippen molar-refractivity contribution in [3.8, 4) is 0 Å². The van der Waals surface area contributed by atoms with Crippen LogP contribution >= 0.6 is 0 Å². The number of aromatic nitrogens is 3. The number of hydrogen-bond donors (Lipinski definition) is 1. The van der Waals surface area contributed by atoms with Crippen molar-refractivity contribution >= 4 is 0 Å². The molecular formula is C12H15FN4. The van der Waals surface area contributed by atoms with Crippen molar-refractivity contribution < 1.29 is 4.39 Å². The van der Waals surface area contributed by atoms with Gasteiger partial charge in [0.1, 0.15) is 5.82 Å². The third-order valence-corrected chi connectivity index (χ3v) is 2.70. The van der Waals surface area contributed by atoms with Crippen molar-refractivity contribution in [1.82, 2.24) is 20.3 Å². The molecule has 90 valence electrons. The van der Waals surface area contributed by atoms with E-state index in [1.54, 1.807) is 16.8 Å². The van der Waals surface area contributed by atoms with Gasteiger partial charge in [0.15, 0.2) is 0 Å². The SMILES string of the molecule is CNCc1nnn(Cc2ccccc2F)c1C. The first-order valence-corrected chi connectivity index (χ1v) is 5.49. The Morgan fingerprint density at radius 3 is 2.82 bits per heavy atom. The predicted octanol–water partition coefficient (Wildman–Crippen LogP) is 1.49. The second-order valence-electron chi connectivity index (χ2n) is 3.90. The molecule has 2 aromatic rings. The van der Waals surface area contributed by atoms with Gasteiger partial charge < -0.3 is 5.32 Å². The Morgan fingerprint density at radius 1 is 1.35 bits per heavy atom. The lowest BCUT2D eigenvalue weighted by atomic mass is 10.2. The van der Waals surface area contributed by atoms with E-state index in [-0.39, 0.29) is 5.82 Å². The van der Waals surface area contributed by atoms with Crippen LogP contribution in [0.3, 0.4) is 0 Å². The van der Waals surface area contributed by atoms with Crippen molar-refractivity contribution in [1.29, 1.82) is 0 Å². The van der Waals surface area contributed by atoms with Gasteiger partial charge in [0.2, 0.25) is 0 Å². The Kier molecular flexibility index (Phi) is 3.49. The van der Waals surface area contributed by atoms with Gasteiger partial charge in [0.25, 0.3) is 0 Å². The van der Waals surface area contributed by atoms with Gasteiger partial charge in [-0.05, 0) is 20.0 Å². The van der Waals surface area contributed by atoms with Crippen LogP contribution in [0.15, 0.2) is 24.3 Å². The van der Waals surface area contributed by atoms with Crippen molar-refractivity contribution in [3.63, 3.8) is 0 Å². The average Bonchev–Trinajstić information content (AvgIpc) is 2.65. The molecule has 0 aliphatic carbocycles. The van der Waals surface area contributed by atoms with Crippen LogP contribution in [0.4, 0.5) is 4.39 Å². The van der Waals surface area contributed by atoms with E-state index in [4.69, 9.17) is 0 Å². The fourth-order valence-corrected chi connectivity index (χ4v) is 1.67. The molecule has 0 radical (unpaired) electrons. The van der Waals surface area contributed by atoms with Crippen LogP contribution in [0.5, 0.6) is 0 Å². The Balaban J connectivity index is 2.22. The number of nitrogens with zero attached hydrogens (tertiary/aromatic N) is 3. The number of benzene rings is 1. The first kappa shape index (κ1) is 11.7. The molecule has 17 heavy (non-hydrogen) atoms. The molecule has 1 N–H and O–H groups in total. The lowest BCUT2D eigenvalue weighted by Gasteiger charge is -2.05. The van der Waals surface area contributed by atoms with Gasteiger partial charge in [-0.2, -0.15) is 0 Å². The first-order chi connectivity index (χ1) is 8.22. The summed E-state index contributed by atoms with van der Waals surface area (Å²) in [5, 5.41) is 11.1. The summed E-state index contributed by atoms with van der Waals surface area (Å²) in [6.07, 6.45) is 0. The summed E-state index contributed by atoms with van der Waals surface area (Å²) >= 11 is 0. The van der Waals surface area contributed by atoms with Gasteiger partial charge in [-0.15, -0.1) is 5.10 Å². The summed E-state index contributed by atoms with van der Waals surface area (Å²) in [6.45, 7) is 3.02. The smallest absolute Gasteiger partial charge is 0.128 e. The van der Waals surface area contributed by atoms with Crippen molar-refractivity contribution in [2.45, 2.75) is 20.0 Å². The minimum atomic E-state index is -0.211. The first-order valence-electron chi connectivity index (χ1n) is 5.49. The maximum absolute atomic E-state index is 13.5. The molecule has 0 amide bonds. The van der Waals surface area contributed by atoms with Crippen LogP contribution in [-0.4, -0.2) is 22.0 Å². The summed E-state index contributed by atoms with van der Waals surface area (Å²) in [6, 6.07) is 6.71. The monoisotopic (exact) mass is 234 g/mol. The summed E-state index contributed by atoms with van der Waals surface area (Å²) in [5.74, 6) is -0.211. The molecule has 2 rings (SSSR count). The zero-order valence-corrected chi connectivity index (χ0v) is 9.94. The minimum Gasteiger partial charge on any atom is -0.314 e. The van der Waals surface area contributed by atoms with Gasteiger partial charge >= 0.3 is 0 Å². The lowest BCUT2D eigenvalue weighted by Crippen LogP contribution is -2.09. The molecule has 0 aliphatic heterocycles. The fraction of sp³-hybridized carbons (Fsp3) is 0.333. The molecule has 0 spiro atoms. The lowest BCUT2D eigenvalue weighted by molar-refractivity contribution is 0.571. The predicted molar refractivity (Wildman–Crippen MR) is 63.0 cm³/mol. The number of nitrogens with one attached hydrogen (secondary N) is 1. The highest BCUT2D eigenvalue weighted by molar-refractivity contribution is 5.18. The van der Waals surface area contributed by atoms with E-state index in [2.05, 4.69) is 15.6 Å². The minimum absolute atomic E-state index is 0.211. The third kappa shape index (κ3) is 2.50. The van der Waals surface area contributed by atoms with E-state index >= 15 is 0 Å². The Hall–Kier alpha value is -1.75. The van der Waals surface area contributed by atoms with E-state index in [9.17, 15) is 4.39 Å². The Bertz CT molecular complexity index is 507. The Labute approximate surface area is 99.5 Å². The molecular weight excluding hydrogens is 219 g/mol. The molecule has 1 aromatic heterocycles. The summed E-state index contributed by atoms with van der Waals surface area (Å²) in [4.78, 5) is 0. The van der Waals surface area contributed by atoms with Gasteiger partial charge in [-0.25, -0.2) is 9.07 Å². The second kappa shape index (κ2) is 5.05. The molecule has 1 heterocycles. The molecule has 5 heteroatoms. The normalized spacial score (nSPS) is 10.8. The van der Waals surface area contributed by atoms with E-state index in [1.165, 1.54) is 6.07 Å². The highest BCUT2D eigenvalue weighted by atomic mass is 19.1. The van der Waals surface area contributed by atoms with E-state index in [1.807, 2.05) is 20.0 Å². The van der Waals surface area contributed by atoms with Crippen molar-refractivity contribution in [2.75, 3.05) is 7.05 Å². The highest BCUT2D eigenvalue weighted by Crippen LogP contribution is 2.10. The van der Waals surface area contributed by atoms with Crippen LogP contribution < -0.4 is 5.32 Å². The van der Waals surface area contributed by atoms with E-state index in [0.29, 0.717) is 18.7 Å². The van der Waals surface area contributed by atoms with Crippen molar-refractivity contribution in [3.05, 3.63) is 47.0 Å². The molecule has 0 unspecified atom stereocenters. The van der Waals surface area contributed by atoms with E-state index in [0.717, 1.165) is 11.4 Å². The average molecular weight is 234 g/mol. The standard InChI is InChI=1S/C12H15FN4/c1-9-12(7-14-2)15-16-17(9)8-10-5-3-4-6-11(10)13/h3-6,14H,7-8H2,1-2H3. The maximum Gasteiger partial charge on any atom is 0.128 e. The quantitative estimate of drug-likeness (QED) is 0.871. The van der Waals surface area contributed by atoms with Gasteiger partial charge in [0, 0.05) is 12.1 Å². The zero-order valence-electron chi connectivity index (χ0n) is 9.94. The molecule has 0 fully saturated rings. The summed E-state index contributed by atoms with van der Waals surface area (Å²) < 4.78 is 15.2. The second-order valence-corrected chi connectivity index (χ2v) is 3.90. The van der Waals surface area contributed by atoms with Crippen LogP contribution in [0.25, 0.3) is 0 Å². The van der Waals surface area contributed by atoms with Crippen LogP contribution in [0, 0.1) is 12.7 Å². The van der Waals surface area contributed by atoms with Crippen molar-refractivity contribution in [2.24, 2.45) is 0 Å². The molecule has 0 atom stereocenters. The summed E-state index contributed by atoms with van der Waals surface area (Å²) in [7, 11) is 1.86. The van der Waals surface area contributed by atoms with Gasteiger partial charge in [-0.1, -0.05) is 23.4 Å². The fourth-order valence-electron chi connectivity index (χ4n) is 1.67. The number of halogens is 1. The highest BCUT2D eigenvalue weighted by Gasteiger charge is 2.09. The van der Waals surface area contributed by atoms with Gasteiger partial charge in [0.05, 0.1) is 17.9 Å². The molecule has 4 nitrogen and oxygen atoms in total.